The first-order valence-corrected chi connectivity index (χ1v) is 5.86. The lowest BCUT2D eigenvalue weighted by atomic mass is 10.0. The standard InChI is InChI=1S/C14H15N3/c1-9-3-10(2)5-11(4-9)14-12-6-15-7-13(12)16-8-17-14/h3-5,8,15H,6-7H2,1-2H3. The Morgan fingerprint density at radius 2 is 1.76 bits per heavy atom. The summed E-state index contributed by atoms with van der Waals surface area (Å²) in [7, 11) is 0. The van der Waals surface area contributed by atoms with E-state index in [1.807, 2.05) is 0 Å². The van der Waals surface area contributed by atoms with Crippen molar-refractivity contribution >= 4 is 0 Å². The Hall–Kier alpha value is -1.74. The van der Waals surface area contributed by atoms with Crippen molar-refractivity contribution in [2.24, 2.45) is 0 Å². The van der Waals surface area contributed by atoms with Crippen molar-refractivity contribution in [3.05, 3.63) is 46.9 Å². The van der Waals surface area contributed by atoms with Gasteiger partial charge < -0.3 is 5.32 Å². The van der Waals surface area contributed by atoms with Gasteiger partial charge in [0.15, 0.2) is 0 Å². The highest BCUT2D eigenvalue weighted by molar-refractivity contribution is 5.65. The normalized spacial score (nSPS) is 13.8. The Labute approximate surface area is 101 Å². The number of rotatable bonds is 1. The maximum absolute atomic E-state index is 4.45. The molecule has 0 aliphatic carbocycles. The first kappa shape index (κ1) is 10.4. The number of nitrogens with one attached hydrogen (secondary N) is 1. The Balaban J connectivity index is 2.19. The minimum atomic E-state index is 0.857. The minimum absolute atomic E-state index is 0.857. The number of aromatic nitrogens is 2. The molecule has 1 N–H and O–H groups in total. The molecule has 2 heterocycles. The van der Waals surface area contributed by atoms with Gasteiger partial charge in [-0.25, -0.2) is 9.97 Å². The van der Waals surface area contributed by atoms with Gasteiger partial charge in [-0.1, -0.05) is 17.2 Å². The van der Waals surface area contributed by atoms with Gasteiger partial charge >= 0.3 is 0 Å². The van der Waals surface area contributed by atoms with Gasteiger partial charge in [0.05, 0.1) is 11.4 Å². The van der Waals surface area contributed by atoms with Gasteiger partial charge in [0.2, 0.25) is 0 Å². The second kappa shape index (κ2) is 3.93. The lowest BCUT2D eigenvalue weighted by molar-refractivity contribution is 0.758. The lowest BCUT2D eigenvalue weighted by Gasteiger charge is -2.08. The zero-order valence-electron chi connectivity index (χ0n) is 10.1. The van der Waals surface area contributed by atoms with Crippen molar-refractivity contribution in [3.63, 3.8) is 0 Å². The summed E-state index contributed by atoms with van der Waals surface area (Å²) in [6.07, 6.45) is 1.67. The molecule has 0 saturated carbocycles. The molecule has 0 fully saturated rings. The van der Waals surface area contributed by atoms with Crippen LogP contribution in [0.3, 0.4) is 0 Å². The van der Waals surface area contributed by atoms with Crippen LogP contribution in [0, 0.1) is 13.8 Å². The van der Waals surface area contributed by atoms with Gasteiger partial charge in [-0.15, -0.1) is 0 Å². The van der Waals surface area contributed by atoms with Gasteiger partial charge in [-0.05, 0) is 26.0 Å². The fraction of sp³-hybridized carbons (Fsp3) is 0.286. The topological polar surface area (TPSA) is 37.8 Å². The third kappa shape index (κ3) is 1.83. The summed E-state index contributed by atoms with van der Waals surface area (Å²) >= 11 is 0. The largest absolute Gasteiger partial charge is 0.307 e. The third-order valence-electron chi connectivity index (χ3n) is 3.12. The molecule has 17 heavy (non-hydrogen) atoms. The predicted octanol–water partition coefficient (Wildman–Crippen LogP) is 2.36. The molecule has 3 heteroatoms. The Bertz CT molecular complexity index is 555. The maximum atomic E-state index is 4.45. The first-order chi connectivity index (χ1) is 8.24. The van der Waals surface area contributed by atoms with E-state index in [1.165, 1.54) is 22.3 Å². The van der Waals surface area contributed by atoms with Gasteiger partial charge in [-0.2, -0.15) is 0 Å². The monoisotopic (exact) mass is 225 g/mol. The van der Waals surface area contributed by atoms with Gasteiger partial charge in [-0.3, -0.25) is 0 Å². The number of hydrogen-bond donors (Lipinski definition) is 1. The molecule has 3 nitrogen and oxygen atoms in total. The third-order valence-corrected chi connectivity index (χ3v) is 3.12. The van der Waals surface area contributed by atoms with Crippen LogP contribution in [0.5, 0.6) is 0 Å². The highest BCUT2D eigenvalue weighted by Gasteiger charge is 2.17. The number of nitrogens with zero attached hydrogens (tertiary/aromatic N) is 2. The molecule has 0 bridgehead atoms. The van der Waals surface area contributed by atoms with E-state index in [0.717, 1.165) is 24.5 Å². The summed E-state index contributed by atoms with van der Waals surface area (Å²) in [5.74, 6) is 0. The molecular weight excluding hydrogens is 210 g/mol. The van der Waals surface area contributed by atoms with Crippen LogP contribution in [0.4, 0.5) is 0 Å². The average Bonchev–Trinajstić information content (AvgIpc) is 2.75. The number of benzene rings is 1. The van der Waals surface area contributed by atoms with E-state index in [0.29, 0.717) is 0 Å². The molecule has 86 valence electrons. The molecular formula is C14H15N3. The van der Waals surface area contributed by atoms with Gasteiger partial charge in [0, 0.05) is 24.2 Å². The maximum Gasteiger partial charge on any atom is 0.116 e. The van der Waals surface area contributed by atoms with E-state index in [1.54, 1.807) is 6.33 Å². The van der Waals surface area contributed by atoms with Crippen molar-refractivity contribution in [3.8, 4) is 11.3 Å². The lowest BCUT2D eigenvalue weighted by Crippen LogP contribution is -2.00. The molecule has 0 radical (unpaired) electrons. The molecule has 0 spiro atoms. The van der Waals surface area contributed by atoms with E-state index in [2.05, 4.69) is 47.3 Å². The number of hydrogen-bond acceptors (Lipinski definition) is 3. The van der Waals surface area contributed by atoms with Crippen molar-refractivity contribution < 1.29 is 0 Å². The molecule has 1 aromatic carbocycles. The summed E-state index contributed by atoms with van der Waals surface area (Å²) < 4.78 is 0. The van der Waals surface area contributed by atoms with Crippen molar-refractivity contribution in [1.82, 2.24) is 15.3 Å². The highest BCUT2D eigenvalue weighted by atomic mass is 15.0. The fourth-order valence-corrected chi connectivity index (χ4v) is 2.45. The first-order valence-electron chi connectivity index (χ1n) is 5.86. The Morgan fingerprint density at radius 3 is 2.53 bits per heavy atom. The Morgan fingerprint density at radius 1 is 1.00 bits per heavy atom. The second-order valence-electron chi connectivity index (χ2n) is 4.63. The highest BCUT2D eigenvalue weighted by Crippen LogP contribution is 2.27. The van der Waals surface area contributed by atoms with Crippen LogP contribution in [-0.2, 0) is 13.1 Å². The van der Waals surface area contributed by atoms with Crippen LogP contribution in [0.2, 0.25) is 0 Å². The SMILES string of the molecule is Cc1cc(C)cc(-c2ncnc3c2CNC3)c1. The summed E-state index contributed by atoms with van der Waals surface area (Å²) in [6.45, 7) is 5.97. The number of aryl methyl sites for hydroxylation is 2. The Kier molecular flexibility index (Phi) is 2.41. The van der Waals surface area contributed by atoms with Crippen LogP contribution in [0.1, 0.15) is 22.4 Å². The van der Waals surface area contributed by atoms with Gasteiger partial charge in [0.1, 0.15) is 6.33 Å². The summed E-state index contributed by atoms with van der Waals surface area (Å²) in [5.41, 5.74) is 7.21. The van der Waals surface area contributed by atoms with Crippen LogP contribution < -0.4 is 5.32 Å². The molecule has 3 rings (SSSR count). The average molecular weight is 225 g/mol. The quantitative estimate of drug-likeness (QED) is 0.809. The molecule has 0 atom stereocenters. The van der Waals surface area contributed by atoms with Crippen molar-refractivity contribution in [2.45, 2.75) is 26.9 Å². The second-order valence-corrected chi connectivity index (χ2v) is 4.63. The molecule has 1 aliphatic heterocycles. The smallest absolute Gasteiger partial charge is 0.116 e. The van der Waals surface area contributed by atoms with E-state index in [9.17, 15) is 0 Å². The van der Waals surface area contributed by atoms with E-state index in [4.69, 9.17) is 0 Å². The molecule has 1 aromatic heterocycles. The zero-order chi connectivity index (χ0) is 11.8. The van der Waals surface area contributed by atoms with Crippen LogP contribution in [0.15, 0.2) is 24.5 Å². The van der Waals surface area contributed by atoms with Crippen LogP contribution in [-0.4, -0.2) is 9.97 Å². The zero-order valence-corrected chi connectivity index (χ0v) is 10.1. The van der Waals surface area contributed by atoms with Crippen molar-refractivity contribution in [1.29, 1.82) is 0 Å². The molecule has 1 aliphatic rings. The van der Waals surface area contributed by atoms with E-state index in [-0.39, 0.29) is 0 Å². The molecule has 0 saturated heterocycles. The summed E-state index contributed by atoms with van der Waals surface area (Å²) in [4.78, 5) is 8.77. The van der Waals surface area contributed by atoms with E-state index >= 15 is 0 Å². The van der Waals surface area contributed by atoms with E-state index < -0.39 is 0 Å². The summed E-state index contributed by atoms with van der Waals surface area (Å²) in [5, 5.41) is 3.32. The predicted molar refractivity (Wildman–Crippen MR) is 67.5 cm³/mol. The van der Waals surface area contributed by atoms with Crippen molar-refractivity contribution in [2.75, 3.05) is 0 Å². The van der Waals surface area contributed by atoms with Gasteiger partial charge in [0.25, 0.3) is 0 Å². The summed E-state index contributed by atoms with van der Waals surface area (Å²) in [6, 6.07) is 6.56. The molecule has 0 amide bonds. The van der Waals surface area contributed by atoms with Crippen LogP contribution >= 0.6 is 0 Å². The number of fused-ring (bicyclic) bond motifs is 1. The fourth-order valence-electron chi connectivity index (χ4n) is 2.45. The molecule has 2 aromatic rings. The molecule has 0 unspecified atom stereocenters. The van der Waals surface area contributed by atoms with Crippen LogP contribution in [0.25, 0.3) is 11.3 Å². The minimum Gasteiger partial charge on any atom is -0.307 e.